The predicted molar refractivity (Wildman–Crippen MR) is 94.4 cm³/mol. The van der Waals surface area contributed by atoms with Crippen LogP contribution in [0.4, 0.5) is 0 Å². The largest absolute Gasteiger partial charge is 0.497 e. The second kappa shape index (κ2) is 5.18. The summed E-state index contributed by atoms with van der Waals surface area (Å²) >= 11 is 6.03. The fourth-order valence-corrected chi connectivity index (χ4v) is 2.99. The lowest BCUT2D eigenvalue weighted by atomic mass is 10.1. The number of hydrogen-bond acceptors (Lipinski definition) is 3. The zero-order valence-electron chi connectivity index (χ0n) is 12.5. The molecule has 0 fully saturated rings. The lowest BCUT2D eigenvalue weighted by Crippen LogP contribution is -2.04. The number of aromatic nitrogens is 2. The van der Waals surface area contributed by atoms with Gasteiger partial charge in [-0.15, -0.1) is 0 Å². The number of rotatable bonds is 2. The van der Waals surface area contributed by atoms with Gasteiger partial charge in [-0.05, 0) is 42.5 Å². The monoisotopic (exact) mass is 323 g/mol. The molecule has 2 N–H and O–H groups in total. The molecule has 2 aromatic carbocycles. The second-order valence-electron chi connectivity index (χ2n) is 5.37. The highest BCUT2D eigenvalue weighted by Crippen LogP contribution is 2.32. The smallest absolute Gasteiger partial charge is 0.119 e. The van der Waals surface area contributed by atoms with Crippen LogP contribution in [0.15, 0.2) is 54.7 Å². The predicted octanol–water partition coefficient (Wildman–Crippen LogP) is 4.23. The van der Waals surface area contributed by atoms with E-state index in [4.69, 9.17) is 27.2 Å². The molecule has 0 saturated heterocycles. The highest BCUT2D eigenvalue weighted by Gasteiger charge is 2.12. The highest BCUT2D eigenvalue weighted by molar-refractivity contribution is 6.31. The summed E-state index contributed by atoms with van der Waals surface area (Å²) in [6.45, 7) is 0. The van der Waals surface area contributed by atoms with Gasteiger partial charge in [-0.2, -0.15) is 0 Å². The van der Waals surface area contributed by atoms with Crippen LogP contribution in [0, 0.1) is 0 Å². The van der Waals surface area contributed by atoms with Crippen molar-refractivity contribution in [3.63, 3.8) is 0 Å². The van der Waals surface area contributed by atoms with Crippen LogP contribution in [0.3, 0.4) is 0 Å². The number of ether oxygens (including phenoxy) is 1. The van der Waals surface area contributed by atoms with Crippen LogP contribution in [0.1, 0.15) is 0 Å². The van der Waals surface area contributed by atoms with Gasteiger partial charge < -0.3 is 10.6 Å². The molecule has 0 atom stereocenters. The van der Waals surface area contributed by atoms with Crippen LogP contribution in [-0.4, -0.2) is 16.8 Å². The maximum atomic E-state index is 6.07. The van der Waals surface area contributed by atoms with E-state index >= 15 is 0 Å². The highest BCUT2D eigenvalue weighted by atomic mass is 35.5. The second-order valence-corrected chi connectivity index (χ2v) is 5.80. The minimum absolute atomic E-state index is 0.704. The molecule has 0 unspecified atom stereocenters. The number of benzene rings is 2. The van der Waals surface area contributed by atoms with Crippen LogP contribution in [0.5, 0.6) is 5.75 Å². The van der Waals surface area contributed by atoms with Gasteiger partial charge in [-0.25, -0.2) is 4.98 Å². The maximum Gasteiger partial charge on any atom is 0.119 e. The van der Waals surface area contributed by atoms with E-state index in [0.717, 1.165) is 38.8 Å². The third-order valence-electron chi connectivity index (χ3n) is 3.97. The van der Waals surface area contributed by atoms with Crippen molar-refractivity contribution in [3.05, 3.63) is 59.8 Å². The molecule has 2 heterocycles. The summed E-state index contributed by atoms with van der Waals surface area (Å²) < 4.78 is 6.93. The van der Waals surface area contributed by atoms with Gasteiger partial charge in [-0.3, -0.25) is 4.68 Å². The molecule has 23 heavy (non-hydrogen) atoms. The normalized spacial score (nSPS) is 11.2. The van der Waals surface area contributed by atoms with E-state index in [2.05, 4.69) is 0 Å². The number of fused-ring (bicyclic) bond motifs is 2. The first-order valence-corrected chi connectivity index (χ1v) is 7.54. The minimum atomic E-state index is 0.704. The molecule has 0 aliphatic heterocycles. The molecule has 0 aliphatic carbocycles. The Morgan fingerprint density at radius 3 is 2.78 bits per heavy atom. The van der Waals surface area contributed by atoms with E-state index in [1.165, 1.54) is 0 Å². The molecule has 4 aromatic rings. The Labute approximate surface area is 138 Å². The topological polar surface area (TPSA) is 53.1 Å². The molecular formula is C18H14ClN3O. The number of nitrogen functional groups attached to an aromatic ring is 1. The number of methoxy groups -OCH3 is 1. The average molecular weight is 324 g/mol. The molecule has 0 saturated carbocycles. The lowest BCUT2D eigenvalue weighted by Gasteiger charge is -2.04. The SMILES string of the molecule is COc1ccc2c(c1)c(-c1ccc3cc(Cl)ccc3n1)cn2N. The molecule has 2 aromatic heterocycles. The van der Waals surface area contributed by atoms with Gasteiger partial charge in [0.1, 0.15) is 5.75 Å². The summed E-state index contributed by atoms with van der Waals surface area (Å²) in [5.74, 6) is 6.86. The fourth-order valence-electron chi connectivity index (χ4n) is 2.81. The summed E-state index contributed by atoms with van der Waals surface area (Å²) in [6, 6.07) is 15.5. The standard InChI is InChI=1S/C18H14ClN3O/c1-23-13-4-7-18-14(9-13)15(10-22(18)20)17-5-2-11-8-12(19)3-6-16(11)21-17/h2-10H,20H2,1H3. The van der Waals surface area contributed by atoms with Crippen LogP contribution < -0.4 is 10.6 Å². The molecule has 0 aliphatic rings. The van der Waals surface area contributed by atoms with Crippen LogP contribution in [0.2, 0.25) is 5.02 Å². The van der Waals surface area contributed by atoms with E-state index < -0.39 is 0 Å². The molecular weight excluding hydrogens is 310 g/mol. The molecule has 0 bridgehead atoms. The number of nitrogens with two attached hydrogens (primary N) is 1. The van der Waals surface area contributed by atoms with Crippen LogP contribution in [-0.2, 0) is 0 Å². The molecule has 4 rings (SSSR count). The first-order valence-electron chi connectivity index (χ1n) is 7.16. The third-order valence-corrected chi connectivity index (χ3v) is 4.20. The van der Waals surface area contributed by atoms with Crippen molar-refractivity contribution in [2.45, 2.75) is 0 Å². The Bertz CT molecular complexity index is 1040. The fraction of sp³-hybridized carbons (Fsp3) is 0.0556. The number of nitrogens with zero attached hydrogens (tertiary/aromatic N) is 2. The van der Waals surface area contributed by atoms with Crippen LogP contribution >= 0.6 is 11.6 Å². The van der Waals surface area contributed by atoms with Crippen molar-refractivity contribution in [2.24, 2.45) is 0 Å². The van der Waals surface area contributed by atoms with E-state index in [0.29, 0.717) is 5.02 Å². The van der Waals surface area contributed by atoms with Gasteiger partial charge in [0.25, 0.3) is 0 Å². The molecule has 0 amide bonds. The Kier molecular flexibility index (Phi) is 3.13. The number of pyridine rings is 1. The van der Waals surface area contributed by atoms with Gasteiger partial charge in [0.05, 0.1) is 23.8 Å². The Morgan fingerprint density at radius 1 is 1.09 bits per heavy atom. The van der Waals surface area contributed by atoms with Crippen molar-refractivity contribution in [1.82, 2.24) is 9.66 Å². The summed E-state index contributed by atoms with van der Waals surface area (Å²) in [5, 5.41) is 2.72. The van der Waals surface area contributed by atoms with Gasteiger partial charge in [0, 0.05) is 27.6 Å². The van der Waals surface area contributed by atoms with E-state index in [1.807, 2.05) is 54.7 Å². The Hall–Kier alpha value is -2.72. The van der Waals surface area contributed by atoms with E-state index in [-0.39, 0.29) is 0 Å². The molecule has 0 spiro atoms. The minimum Gasteiger partial charge on any atom is -0.497 e. The van der Waals surface area contributed by atoms with Gasteiger partial charge in [-0.1, -0.05) is 17.7 Å². The van der Waals surface area contributed by atoms with Gasteiger partial charge in [0.2, 0.25) is 0 Å². The Morgan fingerprint density at radius 2 is 1.96 bits per heavy atom. The number of hydrogen-bond donors (Lipinski definition) is 1. The third kappa shape index (κ3) is 2.28. The lowest BCUT2D eigenvalue weighted by molar-refractivity contribution is 0.415. The van der Waals surface area contributed by atoms with Crippen molar-refractivity contribution in [2.75, 3.05) is 13.0 Å². The average Bonchev–Trinajstić information content (AvgIpc) is 2.90. The molecule has 4 nitrogen and oxygen atoms in total. The zero-order valence-corrected chi connectivity index (χ0v) is 13.2. The Balaban J connectivity index is 1.96. The van der Waals surface area contributed by atoms with Crippen molar-refractivity contribution in [3.8, 4) is 17.0 Å². The molecule has 5 heteroatoms. The van der Waals surface area contributed by atoms with Crippen molar-refractivity contribution in [1.29, 1.82) is 0 Å². The van der Waals surface area contributed by atoms with E-state index in [1.54, 1.807) is 11.8 Å². The summed E-state index contributed by atoms with van der Waals surface area (Å²) in [7, 11) is 1.65. The van der Waals surface area contributed by atoms with E-state index in [9.17, 15) is 0 Å². The van der Waals surface area contributed by atoms with Gasteiger partial charge >= 0.3 is 0 Å². The maximum absolute atomic E-state index is 6.07. The van der Waals surface area contributed by atoms with Crippen molar-refractivity contribution < 1.29 is 4.74 Å². The summed E-state index contributed by atoms with van der Waals surface area (Å²) in [6.07, 6.45) is 1.88. The van der Waals surface area contributed by atoms with Crippen molar-refractivity contribution >= 4 is 33.4 Å². The summed E-state index contributed by atoms with van der Waals surface area (Å²) in [4.78, 5) is 4.74. The molecule has 0 radical (unpaired) electrons. The quantitative estimate of drug-likeness (QED) is 0.562. The summed E-state index contributed by atoms with van der Waals surface area (Å²) in [5.41, 5.74) is 3.66. The number of halogens is 1. The first-order chi connectivity index (χ1) is 11.2. The zero-order chi connectivity index (χ0) is 16.0. The molecule has 114 valence electrons. The van der Waals surface area contributed by atoms with Crippen LogP contribution in [0.25, 0.3) is 33.1 Å². The first kappa shape index (κ1) is 13.9. The van der Waals surface area contributed by atoms with Gasteiger partial charge in [0.15, 0.2) is 0 Å².